The Morgan fingerprint density at radius 2 is 1.71 bits per heavy atom. The van der Waals surface area contributed by atoms with E-state index in [2.05, 4.69) is 65.0 Å². The predicted octanol–water partition coefficient (Wildman–Crippen LogP) is 6.69. The molecule has 160 valence electrons. The van der Waals surface area contributed by atoms with Crippen LogP contribution in [0.2, 0.25) is 0 Å². The Labute approximate surface area is 204 Å². The molecular weight excluding hydrogens is 432 g/mol. The van der Waals surface area contributed by atoms with Crippen LogP contribution < -0.4 is 11.1 Å². The number of anilines is 1. The number of nitrogens with one attached hydrogen (secondary N) is 1. The maximum Gasteiger partial charge on any atom is 0.0561 e. The largest absolute Gasteiger partial charge is 0.398 e. The first-order valence-corrected chi connectivity index (χ1v) is 11.5. The van der Waals surface area contributed by atoms with Gasteiger partial charge in [-0.15, -0.1) is 29.8 Å². The highest BCUT2D eigenvalue weighted by atomic mass is 32.1. The average Bonchev–Trinajstić information content (AvgIpc) is 3.56. The van der Waals surface area contributed by atoms with Crippen molar-refractivity contribution in [1.82, 2.24) is 5.32 Å². The Hall–Kier alpha value is -4.35. The van der Waals surface area contributed by atoms with Gasteiger partial charge < -0.3 is 11.1 Å². The van der Waals surface area contributed by atoms with Crippen molar-refractivity contribution in [3.8, 4) is 0 Å². The van der Waals surface area contributed by atoms with Crippen LogP contribution in [0.5, 0.6) is 0 Å². The lowest BCUT2D eigenvalue weighted by molar-refractivity contribution is 1.04. The molecule has 2 aromatic carbocycles. The van der Waals surface area contributed by atoms with E-state index in [0.717, 1.165) is 66.5 Å². The zero-order valence-electron chi connectivity index (χ0n) is 18.3. The van der Waals surface area contributed by atoms with Gasteiger partial charge in [-0.2, -0.15) is 0 Å². The fourth-order valence-corrected chi connectivity index (χ4v) is 4.74. The van der Waals surface area contributed by atoms with Crippen molar-refractivity contribution >= 4 is 35.0 Å². The van der Waals surface area contributed by atoms with Crippen LogP contribution >= 0.6 is 12.6 Å². The molecule has 0 atom stereocenters. The molecule has 4 aliphatic rings. The molecule has 0 amide bonds. The van der Waals surface area contributed by atoms with E-state index in [0.29, 0.717) is 0 Å². The van der Waals surface area contributed by atoms with Crippen molar-refractivity contribution in [2.75, 3.05) is 5.73 Å². The van der Waals surface area contributed by atoms with E-state index in [1.807, 2.05) is 54.7 Å². The SMILES string of the molecule is Nc1ccccc1C1=CC=C1c1cc(S)cc(C2=C=CC(NC3=CC=C=C3)=C2C2=C=CC=C2)c1. The molecule has 0 aromatic heterocycles. The summed E-state index contributed by atoms with van der Waals surface area (Å²) in [6.45, 7) is 0. The molecule has 0 saturated carbocycles. The van der Waals surface area contributed by atoms with Crippen LogP contribution in [0.3, 0.4) is 0 Å². The summed E-state index contributed by atoms with van der Waals surface area (Å²) in [5.74, 6) is 0. The molecule has 0 spiro atoms. The highest BCUT2D eigenvalue weighted by molar-refractivity contribution is 7.80. The van der Waals surface area contributed by atoms with Crippen molar-refractivity contribution in [3.05, 3.63) is 154 Å². The maximum atomic E-state index is 6.25. The molecule has 0 aliphatic heterocycles. The first-order chi connectivity index (χ1) is 16.7. The smallest absolute Gasteiger partial charge is 0.0561 e. The molecule has 6 rings (SSSR count). The molecule has 0 heterocycles. The average molecular weight is 453 g/mol. The van der Waals surface area contributed by atoms with E-state index >= 15 is 0 Å². The molecule has 2 aromatic rings. The number of thiol groups is 1. The zero-order chi connectivity index (χ0) is 23.1. The monoisotopic (exact) mass is 452 g/mol. The zero-order valence-corrected chi connectivity index (χ0v) is 19.2. The van der Waals surface area contributed by atoms with Crippen molar-refractivity contribution in [1.29, 1.82) is 0 Å². The summed E-state index contributed by atoms with van der Waals surface area (Å²) in [5.41, 5.74) is 27.6. The number of hydrogen-bond acceptors (Lipinski definition) is 3. The van der Waals surface area contributed by atoms with E-state index in [1.165, 1.54) is 0 Å². The number of para-hydroxylation sites is 1. The number of nitrogen functional groups attached to an aromatic ring is 1. The van der Waals surface area contributed by atoms with Gasteiger partial charge in [0.2, 0.25) is 0 Å². The minimum Gasteiger partial charge on any atom is -0.398 e. The fourth-order valence-electron chi connectivity index (χ4n) is 4.46. The van der Waals surface area contributed by atoms with Crippen molar-refractivity contribution < 1.29 is 0 Å². The molecule has 34 heavy (non-hydrogen) atoms. The Bertz CT molecular complexity index is 1630. The third-order valence-corrected chi connectivity index (χ3v) is 6.36. The quantitative estimate of drug-likeness (QED) is 0.259. The molecule has 0 unspecified atom stereocenters. The third-order valence-electron chi connectivity index (χ3n) is 6.10. The summed E-state index contributed by atoms with van der Waals surface area (Å²) in [6, 6.07) is 14.4. The topological polar surface area (TPSA) is 38.0 Å². The third kappa shape index (κ3) is 3.52. The van der Waals surface area contributed by atoms with Gasteiger partial charge in [-0.25, -0.2) is 0 Å². The number of benzene rings is 2. The van der Waals surface area contributed by atoms with Crippen LogP contribution in [0.4, 0.5) is 5.69 Å². The molecule has 0 saturated heterocycles. The molecule has 0 fully saturated rings. The Morgan fingerprint density at radius 3 is 2.44 bits per heavy atom. The standard InChI is InChI=1S/C31H20N2S/c32-29-12-6-5-11-28(29)27-14-13-25(27)21-17-22(19-24(34)18-21)26-15-16-30(33-23-9-3-4-10-23)31(26)20-7-1-2-8-20/h1-3,5-7,9-14,16-19,33-34H,32H2. The van der Waals surface area contributed by atoms with Crippen molar-refractivity contribution in [2.45, 2.75) is 4.90 Å². The van der Waals surface area contributed by atoms with Gasteiger partial charge in [0.1, 0.15) is 0 Å². The first-order valence-electron chi connectivity index (χ1n) is 11.0. The lowest BCUT2D eigenvalue weighted by atomic mass is 9.83. The van der Waals surface area contributed by atoms with Crippen molar-refractivity contribution in [2.24, 2.45) is 0 Å². The van der Waals surface area contributed by atoms with E-state index < -0.39 is 0 Å². The van der Waals surface area contributed by atoms with Gasteiger partial charge in [-0.1, -0.05) is 36.4 Å². The van der Waals surface area contributed by atoms with Gasteiger partial charge in [-0.3, -0.25) is 0 Å². The van der Waals surface area contributed by atoms with Gasteiger partial charge in [-0.05, 0) is 70.8 Å². The first kappa shape index (κ1) is 20.3. The second-order valence-corrected chi connectivity index (χ2v) is 8.79. The van der Waals surface area contributed by atoms with E-state index in [9.17, 15) is 0 Å². The van der Waals surface area contributed by atoms with Gasteiger partial charge in [0.15, 0.2) is 0 Å². The lowest BCUT2D eigenvalue weighted by Crippen LogP contribution is -2.11. The summed E-state index contributed by atoms with van der Waals surface area (Å²) in [7, 11) is 0. The fraction of sp³-hybridized carbons (Fsp3) is 0. The van der Waals surface area contributed by atoms with Crippen LogP contribution in [0.25, 0.3) is 16.7 Å². The van der Waals surface area contributed by atoms with Crippen molar-refractivity contribution in [3.63, 3.8) is 0 Å². The van der Waals surface area contributed by atoms with Gasteiger partial charge >= 0.3 is 0 Å². The second-order valence-electron chi connectivity index (χ2n) is 8.28. The van der Waals surface area contributed by atoms with E-state index in [-0.39, 0.29) is 0 Å². The number of allylic oxidation sites excluding steroid dienone is 11. The Kier molecular flexibility index (Phi) is 4.90. The van der Waals surface area contributed by atoms with Gasteiger partial charge in [0.25, 0.3) is 0 Å². The highest BCUT2D eigenvalue weighted by Gasteiger charge is 2.23. The van der Waals surface area contributed by atoms with Crippen LogP contribution in [-0.4, -0.2) is 0 Å². The second kappa shape index (κ2) is 8.21. The van der Waals surface area contributed by atoms with Crippen LogP contribution in [0.1, 0.15) is 16.7 Å². The molecular formula is C31H20N2S. The van der Waals surface area contributed by atoms with Crippen LogP contribution in [-0.2, 0) is 0 Å². The minimum absolute atomic E-state index is 0.778. The Balaban J connectivity index is 1.39. The summed E-state index contributed by atoms with van der Waals surface area (Å²) < 4.78 is 0. The summed E-state index contributed by atoms with van der Waals surface area (Å²) in [5, 5.41) is 3.50. The summed E-state index contributed by atoms with van der Waals surface area (Å²) in [6.07, 6.45) is 18.1. The van der Waals surface area contributed by atoms with E-state index in [4.69, 9.17) is 18.4 Å². The van der Waals surface area contributed by atoms with Gasteiger partial charge in [0.05, 0.1) is 5.70 Å². The lowest BCUT2D eigenvalue weighted by Gasteiger charge is -2.21. The normalized spacial score (nSPS) is 17.0. The summed E-state index contributed by atoms with van der Waals surface area (Å²) >= 11 is 4.74. The molecule has 0 radical (unpaired) electrons. The number of rotatable bonds is 6. The molecule has 3 N–H and O–H groups in total. The van der Waals surface area contributed by atoms with Gasteiger partial charge in [0, 0.05) is 50.7 Å². The number of hydrogen-bond donors (Lipinski definition) is 3. The highest BCUT2D eigenvalue weighted by Crippen LogP contribution is 2.42. The number of nitrogens with two attached hydrogens (primary N) is 1. The predicted molar refractivity (Wildman–Crippen MR) is 144 cm³/mol. The van der Waals surface area contributed by atoms with E-state index in [1.54, 1.807) is 0 Å². The maximum absolute atomic E-state index is 6.25. The molecule has 3 heteroatoms. The molecule has 0 bridgehead atoms. The molecule has 4 aliphatic carbocycles. The minimum atomic E-state index is 0.778. The summed E-state index contributed by atoms with van der Waals surface area (Å²) in [4.78, 5) is 0.896. The Morgan fingerprint density at radius 1 is 0.853 bits per heavy atom. The van der Waals surface area contributed by atoms with Crippen LogP contribution in [0.15, 0.2) is 142 Å². The molecule has 2 nitrogen and oxygen atoms in total. The van der Waals surface area contributed by atoms with Crippen LogP contribution in [0, 0.1) is 0 Å².